The van der Waals surface area contributed by atoms with E-state index >= 15 is 0 Å². The van der Waals surface area contributed by atoms with Crippen LogP contribution in [0.3, 0.4) is 0 Å². The van der Waals surface area contributed by atoms with E-state index in [1.165, 1.54) is 19.3 Å². The zero-order chi connectivity index (χ0) is 10.7. The van der Waals surface area contributed by atoms with Crippen LogP contribution in [0.1, 0.15) is 19.3 Å². The zero-order valence-electron chi connectivity index (χ0n) is 8.60. The summed E-state index contributed by atoms with van der Waals surface area (Å²) in [5.74, 6) is 1.23. The fraction of sp³-hybridized carbons (Fsp3) is 0.455. The molecule has 2 rings (SSSR count). The Bertz CT molecular complexity index is 323. The highest BCUT2D eigenvalue weighted by Gasteiger charge is 2.20. The van der Waals surface area contributed by atoms with Crippen LogP contribution in [-0.2, 0) is 0 Å². The number of benzene rings is 1. The smallest absolute Gasteiger partial charge is 0.492 e. The van der Waals surface area contributed by atoms with E-state index in [9.17, 15) is 0 Å². The van der Waals surface area contributed by atoms with Crippen molar-refractivity contribution in [2.45, 2.75) is 19.3 Å². The third-order valence-electron chi connectivity index (χ3n) is 2.90. The first-order valence-electron chi connectivity index (χ1n) is 5.35. The number of hydrogen-bond donors (Lipinski definition) is 2. The fourth-order valence-corrected chi connectivity index (χ4v) is 1.69. The van der Waals surface area contributed by atoms with Gasteiger partial charge in [0.1, 0.15) is 5.75 Å². The van der Waals surface area contributed by atoms with Gasteiger partial charge in [-0.3, -0.25) is 0 Å². The Balaban J connectivity index is 1.99. The molecule has 0 heterocycles. The standard InChI is InChI=1S/C11H15BO3/c13-12(14)10-6-1-2-7-11(10)15-8-9-4-3-5-9/h1-2,6-7,9,13-14H,3-5,8H2. The maximum absolute atomic E-state index is 9.12. The van der Waals surface area contributed by atoms with E-state index in [1.807, 2.05) is 6.07 Å². The normalized spacial score (nSPS) is 15.9. The summed E-state index contributed by atoms with van der Waals surface area (Å²) in [5, 5.41) is 18.2. The molecule has 1 saturated carbocycles. The van der Waals surface area contributed by atoms with Crippen LogP contribution in [0.2, 0.25) is 0 Å². The van der Waals surface area contributed by atoms with Crippen molar-refractivity contribution in [3.63, 3.8) is 0 Å². The molecular weight excluding hydrogens is 191 g/mol. The highest BCUT2D eigenvalue weighted by atomic mass is 16.5. The largest absolute Gasteiger partial charge is 0.494 e. The van der Waals surface area contributed by atoms with Crippen molar-refractivity contribution in [1.29, 1.82) is 0 Å². The van der Waals surface area contributed by atoms with Crippen LogP contribution < -0.4 is 10.2 Å². The van der Waals surface area contributed by atoms with Crippen LogP contribution >= 0.6 is 0 Å². The molecule has 0 spiro atoms. The van der Waals surface area contributed by atoms with Crippen LogP contribution in [0.25, 0.3) is 0 Å². The Morgan fingerprint density at radius 2 is 2.00 bits per heavy atom. The van der Waals surface area contributed by atoms with Gasteiger partial charge >= 0.3 is 7.12 Å². The van der Waals surface area contributed by atoms with Crippen LogP contribution in [0, 0.1) is 5.92 Å². The van der Waals surface area contributed by atoms with Gasteiger partial charge < -0.3 is 14.8 Å². The van der Waals surface area contributed by atoms with E-state index in [2.05, 4.69) is 0 Å². The molecule has 0 unspecified atom stereocenters. The second kappa shape index (κ2) is 4.68. The van der Waals surface area contributed by atoms with Gasteiger partial charge in [-0.05, 0) is 24.8 Å². The van der Waals surface area contributed by atoms with Crippen molar-refractivity contribution < 1.29 is 14.8 Å². The third kappa shape index (κ3) is 2.52. The quantitative estimate of drug-likeness (QED) is 0.707. The Morgan fingerprint density at radius 1 is 1.27 bits per heavy atom. The topological polar surface area (TPSA) is 49.7 Å². The summed E-state index contributed by atoms with van der Waals surface area (Å²) in [6.07, 6.45) is 3.74. The number of ether oxygens (including phenoxy) is 1. The fourth-order valence-electron chi connectivity index (χ4n) is 1.69. The average Bonchev–Trinajstić information content (AvgIpc) is 2.16. The van der Waals surface area contributed by atoms with Crippen LogP contribution in [-0.4, -0.2) is 23.8 Å². The molecule has 0 atom stereocenters. The molecule has 80 valence electrons. The summed E-state index contributed by atoms with van der Waals surface area (Å²) in [6.45, 7) is 0.684. The van der Waals surface area contributed by atoms with Crippen LogP contribution in [0.15, 0.2) is 24.3 Å². The average molecular weight is 206 g/mol. The van der Waals surface area contributed by atoms with Crippen LogP contribution in [0.4, 0.5) is 0 Å². The predicted octanol–water partition coefficient (Wildman–Crippen LogP) is 0.545. The van der Waals surface area contributed by atoms with Crippen molar-refractivity contribution >= 4 is 12.6 Å². The van der Waals surface area contributed by atoms with E-state index in [-0.39, 0.29) is 0 Å². The monoisotopic (exact) mass is 206 g/mol. The molecular formula is C11H15BO3. The molecule has 0 amide bonds. The van der Waals surface area contributed by atoms with Gasteiger partial charge in [0.25, 0.3) is 0 Å². The van der Waals surface area contributed by atoms with Gasteiger partial charge in [0.15, 0.2) is 0 Å². The van der Waals surface area contributed by atoms with E-state index in [0.29, 0.717) is 23.7 Å². The Labute approximate surface area is 89.8 Å². The number of rotatable bonds is 4. The lowest BCUT2D eigenvalue weighted by Crippen LogP contribution is -2.32. The maximum atomic E-state index is 9.12. The highest BCUT2D eigenvalue weighted by Crippen LogP contribution is 2.26. The Kier molecular flexibility index (Phi) is 3.28. The molecule has 1 aromatic carbocycles. The minimum atomic E-state index is -1.46. The molecule has 4 heteroatoms. The molecule has 2 N–H and O–H groups in total. The summed E-state index contributed by atoms with van der Waals surface area (Å²) in [4.78, 5) is 0. The lowest BCUT2D eigenvalue weighted by atomic mass is 9.79. The Morgan fingerprint density at radius 3 is 2.60 bits per heavy atom. The van der Waals surface area contributed by atoms with Crippen molar-refractivity contribution in [3.8, 4) is 5.75 Å². The molecule has 3 nitrogen and oxygen atoms in total. The Hall–Kier alpha value is -0.995. The molecule has 0 saturated heterocycles. The zero-order valence-corrected chi connectivity index (χ0v) is 8.60. The summed E-state index contributed by atoms with van der Waals surface area (Å²) in [7, 11) is -1.46. The first-order valence-corrected chi connectivity index (χ1v) is 5.35. The van der Waals surface area contributed by atoms with Crippen LogP contribution in [0.5, 0.6) is 5.75 Å². The molecule has 0 aliphatic heterocycles. The van der Waals surface area contributed by atoms with E-state index in [0.717, 1.165) is 0 Å². The van der Waals surface area contributed by atoms with Gasteiger partial charge in [-0.25, -0.2) is 0 Å². The minimum absolute atomic E-state index is 0.442. The predicted molar refractivity (Wildman–Crippen MR) is 59.1 cm³/mol. The highest BCUT2D eigenvalue weighted by molar-refractivity contribution is 6.59. The maximum Gasteiger partial charge on any atom is 0.492 e. The summed E-state index contributed by atoms with van der Waals surface area (Å²) < 4.78 is 5.58. The second-order valence-electron chi connectivity index (χ2n) is 4.02. The molecule has 1 fully saturated rings. The number of para-hydroxylation sites is 1. The summed E-state index contributed by atoms with van der Waals surface area (Å²) >= 11 is 0. The van der Waals surface area contributed by atoms with Gasteiger partial charge in [-0.15, -0.1) is 0 Å². The summed E-state index contributed by atoms with van der Waals surface area (Å²) in [5.41, 5.74) is 0.442. The van der Waals surface area contributed by atoms with Gasteiger partial charge in [-0.1, -0.05) is 24.6 Å². The molecule has 0 bridgehead atoms. The van der Waals surface area contributed by atoms with E-state index < -0.39 is 7.12 Å². The molecule has 1 aliphatic rings. The molecule has 1 aromatic rings. The van der Waals surface area contributed by atoms with Crippen molar-refractivity contribution in [2.24, 2.45) is 5.92 Å². The van der Waals surface area contributed by atoms with Gasteiger partial charge in [-0.2, -0.15) is 0 Å². The van der Waals surface area contributed by atoms with E-state index in [1.54, 1.807) is 18.2 Å². The first-order chi connectivity index (χ1) is 7.27. The lowest BCUT2D eigenvalue weighted by Gasteiger charge is -2.25. The molecule has 0 aromatic heterocycles. The molecule has 15 heavy (non-hydrogen) atoms. The van der Waals surface area contributed by atoms with E-state index in [4.69, 9.17) is 14.8 Å². The van der Waals surface area contributed by atoms with Crippen molar-refractivity contribution in [3.05, 3.63) is 24.3 Å². The van der Waals surface area contributed by atoms with Gasteiger partial charge in [0.2, 0.25) is 0 Å². The van der Waals surface area contributed by atoms with Crippen molar-refractivity contribution in [1.82, 2.24) is 0 Å². The third-order valence-corrected chi connectivity index (χ3v) is 2.90. The SMILES string of the molecule is OB(O)c1ccccc1OCC1CCC1. The lowest BCUT2D eigenvalue weighted by molar-refractivity contribution is 0.181. The molecule has 1 aliphatic carbocycles. The second-order valence-corrected chi connectivity index (χ2v) is 4.02. The van der Waals surface area contributed by atoms with Gasteiger partial charge in [0, 0.05) is 5.46 Å². The number of hydrogen-bond acceptors (Lipinski definition) is 3. The van der Waals surface area contributed by atoms with Gasteiger partial charge in [0.05, 0.1) is 6.61 Å². The first kappa shape index (κ1) is 10.5. The van der Waals surface area contributed by atoms with Crippen molar-refractivity contribution in [2.75, 3.05) is 6.61 Å². The summed E-state index contributed by atoms with van der Waals surface area (Å²) in [6, 6.07) is 7.04. The minimum Gasteiger partial charge on any atom is -0.494 e. The molecule has 0 radical (unpaired) electrons.